The summed E-state index contributed by atoms with van der Waals surface area (Å²) in [4.78, 5) is 25.1. The van der Waals surface area contributed by atoms with Gasteiger partial charge in [0.1, 0.15) is 11.6 Å². The fourth-order valence-electron chi connectivity index (χ4n) is 3.74. The maximum atomic E-state index is 12.8. The highest BCUT2D eigenvalue weighted by molar-refractivity contribution is 6.10. The normalized spacial score (nSPS) is 10.8. The van der Waals surface area contributed by atoms with Gasteiger partial charge in [-0.2, -0.15) is 5.26 Å². The van der Waals surface area contributed by atoms with Crippen LogP contribution >= 0.6 is 0 Å². The van der Waals surface area contributed by atoms with Crippen molar-refractivity contribution in [3.05, 3.63) is 88.5 Å². The molecule has 0 aliphatic carbocycles. The first kappa shape index (κ1) is 26.0. The Balaban J connectivity index is 1.75. The predicted octanol–water partition coefficient (Wildman–Crippen LogP) is 5.57. The second-order valence-corrected chi connectivity index (χ2v) is 8.24. The molecule has 0 aromatic heterocycles. The van der Waals surface area contributed by atoms with Crippen LogP contribution in [0.5, 0.6) is 11.5 Å². The summed E-state index contributed by atoms with van der Waals surface area (Å²) in [7, 11) is 0. The average molecular weight is 484 g/mol. The largest absolute Gasteiger partial charge is 0.490 e. The lowest BCUT2D eigenvalue weighted by atomic mass is 10.0. The number of nitrogens with zero attached hydrogens (tertiary/aromatic N) is 1. The van der Waals surface area contributed by atoms with Gasteiger partial charge in [-0.15, -0.1) is 0 Å². The molecule has 0 atom stereocenters. The number of rotatable bonds is 9. The van der Waals surface area contributed by atoms with Gasteiger partial charge < -0.3 is 20.1 Å². The third-order valence-corrected chi connectivity index (χ3v) is 5.28. The molecule has 184 valence electrons. The summed E-state index contributed by atoms with van der Waals surface area (Å²) in [5, 5.41) is 15.2. The molecule has 36 heavy (non-hydrogen) atoms. The van der Waals surface area contributed by atoms with E-state index in [2.05, 4.69) is 10.6 Å². The number of hydrogen-bond acceptors (Lipinski definition) is 5. The van der Waals surface area contributed by atoms with E-state index in [0.717, 1.165) is 16.7 Å². The Morgan fingerprint density at radius 3 is 2.25 bits per heavy atom. The first-order valence-electron chi connectivity index (χ1n) is 11.6. The smallest absolute Gasteiger partial charge is 0.266 e. The monoisotopic (exact) mass is 483 g/mol. The molecule has 0 bridgehead atoms. The topological polar surface area (TPSA) is 100 Å². The van der Waals surface area contributed by atoms with Crippen LogP contribution in [0.4, 0.5) is 11.4 Å². The SMILES string of the molecule is CCOc1cc(/C=C(\C#N)C(=O)Nc2c(C)cc(C)cc2C)ccc1OCC(=O)Nc1ccccc1. The van der Waals surface area contributed by atoms with E-state index < -0.39 is 5.91 Å². The molecular weight excluding hydrogens is 454 g/mol. The Bertz CT molecular complexity index is 1300. The number of aryl methyl sites for hydroxylation is 3. The second-order valence-electron chi connectivity index (χ2n) is 8.24. The number of para-hydroxylation sites is 1. The third-order valence-electron chi connectivity index (χ3n) is 5.28. The van der Waals surface area contributed by atoms with E-state index in [9.17, 15) is 14.9 Å². The Morgan fingerprint density at radius 1 is 0.917 bits per heavy atom. The van der Waals surface area contributed by atoms with Gasteiger partial charge >= 0.3 is 0 Å². The molecule has 7 heteroatoms. The van der Waals surface area contributed by atoms with Crippen molar-refractivity contribution in [1.29, 1.82) is 5.26 Å². The molecule has 7 nitrogen and oxygen atoms in total. The van der Waals surface area contributed by atoms with E-state index >= 15 is 0 Å². The van der Waals surface area contributed by atoms with Crippen molar-refractivity contribution in [1.82, 2.24) is 0 Å². The highest BCUT2D eigenvalue weighted by Crippen LogP contribution is 2.30. The van der Waals surface area contributed by atoms with Gasteiger partial charge in [-0.3, -0.25) is 9.59 Å². The van der Waals surface area contributed by atoms with E-state index in [1.54, 1.807) is 30.3 Å². The Hall–Kier alpha value is -4.57. The minimum absolute atomic E-state index is 0.0484. The fourth-order valence-corrected chi connectivity index (χ4v) is 3.74. The van der Waals surface area contributed by atoms with E-state index in [0.29, 0.717) is 35.0 Å². The Morgan fingerprint density at radius 2 is 1.61 bits per heavy atom. The van der Waals surface area contributed by atoms with Crippen LogP contribution in [0.15, 0.2) is 66.2 Å². The summed E-state index contributed by atoms with van der Waals surface area (Å²) in [5.74, 6) is -0.0195. The van der Waals surface area contributed by atoms with Crippen LogP contribution in [0.3, 0.4) is 0 Å². The molecule has 0 aliphatic heterocycles. The molecule has 3 aromatic carbocycles. The molecule has 3 aromatic rings. The van der Waals surface area contributed by atoms with Crippen molar-refractivity contribution in [2.24, 2.45) is 0 Å². The summed E-state index contributed by atoms with van der Waals surface area (Å²) in [6, 6.07) is 20.0. The van der Waals surface area contributed by atoms with Gasteiger partial charge in [0.2, 0.25) is 0 Å². The maximum absolute atomic E-state index is 12.8. The molecule has 0 aliphatic rings. The molecular formula is C29H29N3O4. The molecule has 0 saturated heterocycles. The first-order chi connectivity index (χ1) is 17.3. The standard InChI is InChI=1S/C29H29N3O4/c1-5-35-26-16-22(11-12-25(26)36-18-27(33)31-24-9-7-6-8-10-24)15-23(17-30)29(34)32-28-20(3)13-19(2)14-21(28)4/h6-16H,5,18H2,1-4H3,(H,31,33)(H,32,34)/b23-15+. The van der Waals surface area contributed by atoms with Crippen molar-refractivity contribution in [3.63, 3.8) is 0 Å². The number of amides is 2. The minimum atomic E-state index is -0.497. The lowest BCUT2D eigenvalue weighted by Crippen LogP contribution is -2.20. The average Bonchev–Trinajstić information content (AvgIpc) is 2.85. The number of nitriles is 1. The number of nitrogens with one attached hydrogen (secondary N) is 2. The number of hydrogen-bond donors (Lipinski definition) is 2. The minimum Gasteiger partial charge on any atom is -0.490 e. The number of benzene rings is 3. The molecule has 0 fully saturated rings. The predicted molar refractivity (Wildman–Crippen MR) is 141 cm³/mol. The van der Waals surface area contributed by atoms with Gasteiger partial charge in [0.15, 0.2) is 18.1 Å². The van der Waals surface area contributed by atoms with E-state index in [1.165, 1.54) is 6.08 Å². The molecule has 3 rings (SSSR count). The fraction of sp³-hybridized carbons (Fsp3) is 0.207. The van der Waals surface area contributed by atoms with Crippen LogP contribution in [0, 0.1) is 32.1 Å². The molecule has 0 radical (unpaired) electrons. The summed E-state index contributed by atoms with van der Waals surface area (Å²) in [5.41, 5.74) is 4.86. The highest BCUT2D eigenvalue weighted by Gasteiger charge is 2.14. The summed E-state index contributed by atoms with van der Waals surface area (Å²) < 4.78 is 11.3. The highest BCUT2D eigenvalue weighted by atomic mass is 16.5. The van der Waals surface area contributed by atoms with Gasteiger partial charge in [-0.05, 0) is 74.7 Å². The van der Waals surface area contributed by atoms with Crippen LogP contribution in [0.25, 0.3) is 6.08 Å². The zero-order valence-corrected chi connectivity index (χ0v) is 20.8. The maximum Gasteiger partial charge on any atom is 0.266 e. The number of carbonyl (C=O) groups excluding carboxylic acids is 2. The van der Waals surface area contributed by atoms with Crippen molar-refractivity contribution >= 4 is 29.3 Å². The first-order valence-corrected chi connectivity index (χ1v) is 11.6. The van der Waals surface area contributed by atoms with Gasteiger partial charge in [-0.25, -0.2) is 0 Å². The molecule has 2 N–H and O–H groups in total. The molecule has 0 heterocycles. The third kappa shape index (κ3) is 6.97. The van der Waals surface area contributed by atoms with Crippen LogP contribution < -0.4 is 20.1 Å². The zero-order valence-electron chi connectivity index (χ0n) is 20.8. The van der Waals surface area contributed by atoms with Crippen LogP contribution in [-0.4, -0.2) is 25.0 Å². The lowest BCUT2D eigenvalue weighted by Gasteiger charge is -2.13. The second kappa shape index (κ2) is 12.2. The van der Waals surface area contributed by atoms with Crippen LogP contribution in [0.1, 0.15) is 29.2 Å². The summed E-state index contributed by atoms with van der Waals surface area (Å²) in [6.45, 7) is 7.82. The van der Waals surface area contributed by atoms with E-state index in [1.807, 2.05) is 64.1 Å². The Kier molecular flexibility index (Phi) is 8.84. The molecule has 0 spiro atoms. The number of ether oxygens (including phenoxy) is 2. The molecule has 0 unspecified atom stereocenters. The van der Waals surface area contributed by atoms with Crippen molar-refractivity contribution < 1.29 is 19.1 Å². The van der Waals surface area contributed by atoms with E-state index in [4.69, 9.17) is 9.47 Å². The van der Waals surface area contributed by atoms with Crippen molar-refractivity contribution in [2.45, 2.75) is 27.7 Å². The zero-order chi connectivity index (χ0) is 26.1. The van der Waals surface area contributed by atoms with Crippen LogP contribution in [0.2, 0.25) is 0 Å². The Labute approximate surface area is 211 Å². The van der Waals surface area contributed by atoms with Crippen molar-refractivity contribution in [2.75, 3.05) is 23.8 Å². The van der Waals surface area contributed by atoms with Crippen LogP contribution in [-0.2, 0) is 9.59 Å². The van der Waals surface area contributed by atoms with Crippen molar-refractivity contribution in [3.8, 4) is 17.6 Å². The van der Waals surface area contributed by atoms with Gasteiger partial charge in [0.05, 0.1) is 6.61 Å². The molecule has 0 saturated carbocycles. The van der Waals surface area contributed by atoms with Gasteiger partial charge in [0, 0.05) is 11.4 Å². The lowest BCUT2D eigenvalue weighted by molar-refractivity contribution is -0.118. The number of carbonyl (C=O) groups is 2. The van der Waals surface area contributed by atoms with Gasteiger partial charge in [-0.1, -0.05) is 42.0 Å². The molecule has 2 amide bonds. The quantitative estimate of drug-likeness (QED) is 0.306. The summed E-state index contributed by atoms with van der Waals surface area (Å²) >= 11 is 0. The van der Waals surface area contributed by atoms with Gasteiger partial charge in [0.25, 0.3) is 11.8 Å². The van der Waals surface area contributed by atoms with E-state index in [-0.39, 0.29) is 18.1 Å². The summed E-state index contributed by atoms with van der Waals surface area (Å²) in [6.07, 6.45) is 1.49. The number of anilines is 2.